The van der Waals surface area contributed by atoms with Crippen LogP contribution >= 0.6 is 0 Å². The molecule has 1 rings (SSSR count). The molecule has 0 bridgehead atoms. The number of carboxylic acid groups (broad SMARTS) is 1. The smallest absolute Gasteiger partial charge is 0.328 e. The number of nitrogens with zero attached hydrogens (tertiary/aromatic N) is 1. The second-order valence-electron chi connectivity index (χ2n) is 4.16. The molecule has 1 aromatic carbocycles. The van der Waals surface area contributed by atoms with Crippen molar-refractivity contribution in [1.29, 1.82) is 0 Å². The fraction of sp³-hybridized carbons (Fsp3) is 0.308. The van der Waals surface area contributed by atoms with E-state index in [0.29, 0.717) is 5.75 Å². The third-order valence-electron chi connectivity index (χ3n) is 2.28. The van der Waals surface area contributed by atoms with Gasteiger partial charge in [0.15, 0.2) is 11.5 Å². The van der Waals surface area contributed by atoms with Crippen molar-refractivity contribution in [3.63, 3.8) is 0 Å². The van der Waals surface area contributed by atoms with E-state index in [1.165, 1.54) is 19.2 Å². The van der Waals surface area contributed by atoms with Gasteiger partial charge >= 0.3 is 5.97 Å². The zero-order valence-corrected chi connectivity index (χ0v) is 11.3. The van der Waals surface area contributed by atoms with Crippen molar-refractivity contribution in [2.45, 2.75) is 20.0 Å². The first-order chi connectivity index (χ1) is 9.35. The number of hydrogen-bond acceptors (Lipinski definition) is 5. The Morgan fingerprint density at radius 2 is 2.05 bits per heavy atom. The fourth-order valence-electron chi connectivity index (χ4n) is 1.52. The molecule has 0 spiro atoms. The highest BCUT2D eigenvalue weighted by molar-refractivity contribution is 5.86. The van der Waals surface area contributed by atoms with Crippen LogP contribution in [0.1, 0.15) is 19.4 Å². The molecular weight excluding hydrogens is 266 g/mol. The van der Waals surface area contributed by atoms with Crippen LogP contribution in [0.5, 0.6) is 11.5 Å². The molecular formula is C13H15NO6. The van der Waals surface area contributed by atoms with Crippen LogP contribution in [0.3, 0.4) is 0 Å². The number of carboxylic acids is 1. The van der Waals surface area contributed by atoms with Crippen molar-refractivity contribution in [3.05, 3.63) is 33.9 Å². The van der Waals surface area contributed by atoms with Crippen LogP contribution < -0.4 is 9.47 Å². The van der Waals surface area contributed by atoms with Gasteiger partial charge in [-0.15, -0.1) is 0 Å². The number of rotatable bonds is 6. The van der Waals surface area contributed by atoms with Crippen molar-refractivity contribution in [2.24, 2.45) is 0 Å². The highest BCUT2D eigenvalue weighted by Crippen LogP contribution is 2.35. The third kappa shape index (κ3) is 3.98. The van der Waals surface area contributed by atoms with Gasteiger partial charge in [0, 0.05) is 6.08 Å². The predicted octanol–water partition coefficient (Wildman–Crippen LogP) is 2.49. The molecule has 0 heterocycles. The summed E-state index contributed by atoms with van der Waals surface area (Å²) in [5.41, 5.74) is -0.121. The van der Waals surface area contributed by atoms with Gasteiger partial charge in [-0.2, -0.15) is 0 Å². The van der Waals surface area contributed by atoms with Crippen LogP contribution in [0, 0.1) is 10.1 Å². The minimum Gasteiger partial charge on any atom is -0.493 e. The number of nitro groups is 1. The van der Waals surface area contributed by atoms with Crippen molar-refractivity contribution >= 4 is 17.7 Å². The molecule has 0 aliphatic rings. The number of methoxy groups -OCH3 is 1. The lowest BCUT2D eigenvalue weighted by molar-refractivity contribution is -0.385. The summed E-state index contributed by atoms with van der Waals surface area (Å²) in [6.07, 6.45) is 1.82. The average molecular weight is 281 g/mol. The maximum absolute atomic E-state index is 11.0. The van der Waals surface area contributed by atoms with Gasteiger partial charge in [-0.1, -0.05) is 0 Å². The van der Waals surface area contributed by atoms with E-state index < -0.39 is 10.9 Å². The predicted molar refractivity (Wildman–Crippen MR) is 72.1 cm³/mol. The molecule has 0 radical (unpaired) electrons. The topological polar surface area (TPSA) is 98.9 Å². The SMILES string of the molecule is COc1cc([N+](=O)[O-])c(/C=C/C(=O)O)cc1OC(C)C. The standard InChI is InChI=1S/C13H15NO6/c1-8(2)20-12-6-9(4-5-13(15)16)10(14(17)18)7-11(12)19-3/h4-8H,1-3H3,(H,15,16)/b5-4+. The second-order valence-corrected chi connectivity index (χ2v) is 4.16. The van der Waals surface area contributed by atoms with Crippen LogP contribution in [0.4, 0.5) is 5.69 Å². The summed E-state index contributed by atoms with van der Waals surface area (Å²) in [5, 5.41) is 19.6. The van der Waals surface area contributed by atoms with Gasteiger partial charge in [0.05, 0.1) is 29.8 Å². The lowest BCUT2D eigenvalue weighted by atomic mass is 10.1. The second kappa shape index (κ2) is 6.55. The summed E-state index contributed by atoms with van der Waals surface area (Å²) in [6.45, 7) is 3.60. The molecule has 0 saturated heterocycles. The minimum absolute atomic E-state index is 0.133. The van der Waals surface area contributed by atoms with E-state index in [0.717, 1.165) is 12.2 Å². The number of aliphatic carboxylic acids is 1. The largest absolute Gasteiger partial charge is 0.493 e. The van der Waals surface area contributed by atoms with E-state index in [2.05, 4.69) is 0 Å². The van der Waals surface area contributed by atoms with Crippen molar-refractivity contribution in [1.82, 2.24) is 0 Å². The number of carbonyl (C=O) groups is 1. The number of benzene rings is 1. The Morgan fingerprint density at radius 3 is 2.50 bits per heavy atom. The van der Waals surface area contributed by atoms with Gasteiger partial charge in [0.2, 0.25) is 0 Å². The highest BCUT2D eigenvalue weighted by Gasteiger charge is 2.19. The van der Waals surface area contributed by atoms with Crippen LogP contribution in [0.15, 0.2) is 18.2 Å². The molecule has 0 atom stereocenters. The van der Waals surface area contributed by atoms with Crippen LogP contribution in [-0.2, 0) is 4.79 Å². The molecule has 0 aliphatic heterocycles. The third-order valence-corrected chi connectivity index (χ3v) is 2.28. The van der Waals surface area contributed by atoms with E-state index in [-0.39, 0.29) is 23.1 Å². The number of nitro benzene ring substituents is 1. The monoisotopic (exact) mass is 281 g/mol. The molecule has 0 saturated carbocycles. The fourth-order valence-corrected chi connectivity index (χ4v) is 1.52. The molecule has 0 unspecified atom stereocenters. The Balaban J connectivity index is 3.37. The van der Waals surface area contributed by atoms with Gasteiger partial charge in [-0.05, 0) is 26.0 Å². The van der Waals surface area contributed by atoms with Crippen molar-refractivity contribution in [3.8, 4) is 11.5 Å². The van der Waals surface area contributed by atoms with Gasteiger partial charge in [-0.3, -0.25) is 10.1 Å². The summed E-state index contributed by atoms with van der Waals surface area (Å²) < 4.78 is 10.5. The van der Waals surface area contributed by atoms with Crippen LogP contribution in [0.25, 0.3) is 6.08 Å². The Kier molecular flexibility index (Phi) is 5.08. The molecule has 1 aromatic rings. The Labute approximate surface area is 115 Å². The summed E-state index contributed by atoms with van der Waals surface area (Å²) in [6, 6.07) is 2.59. The molecule has 0 amide bonds. The summed E-state index contributed by atoms with van der Waals surface area (Å²) >= 11 is 0. The first-order valence-electron chi connectivity index (χ1n) is 5.79. The lowest BCUT2D eigenvalue weighted by Gasteiger charge is -2.14. The summed E-state index contributed by atoms with van der Waals surface area (Å²) in [7, 11) is 1.37. The normalized spacial score (nSPS) is 10.8. The number of hydrogen-bond donors (Lipinski definition) is 1. The van der Waals surface area contributed by atoms with Gasteiger partial charge in [0.25, 0.3) is 5.69 Å². The van der Waals surface area contributed by atoms with Crippen molar-refractivity contribution in [2.75, 3.05) is 7.11 Å². The maximum Gasteiger partial charge on any atom is 0.328 e. The average Bonchev–Trinajstić information content (AvgIpc) is 2.35. The quantitative estimate of drug-likeness (QED) is 0.488. The van der Waals surface area contributed by atoms with E-state index in [4.69, 9.17) is 14.6 Å². The molecule has 7 heteroatoms. The Morgan fingerprint density at radius 1 is 1.40 bits per heavy atom. The lowest BCUT2D eigenvalue weighted by Crippen LogP contribution is -2.07. The van der Waals surface area contributed by atoms with E-state index in [1.807, 2.05) is 0 Å². The Bertz CT molecular complexity index is 550. The van der Waals surface area contributed by atoms with Crippen LogP contribution in [-0.4, -0.2) is 29.2 Å². The van der Waals surface area contributed by atoms with Gasteiger partial charge < -0.3 is 14.6 Å². The summed E-state index contributed by atoms with van der Waals surface area (Å²) in [4.78, 5) is 20.9. The maximum atomic E-state index is 11.0. The number of ether oxygens (including phenoxy) is 2. The molecule has 1 N–H and O–H groups in total. The van der Waals surface area contributed by atoms with Gasteiger partial charge in [0.1, 0.15) is 0 Å². The highest BCUT2D eigenvalue weighted by atomic mass is 16.6. The zero-order valence-electron chi connectivity index (χ0n) is 11.3. The van der Waals surface area contributed by atoms with Crippen molar-refractivity contribution < 1.29 is 24.3 Å². The van der Waals surface area contributed by atoms with E-state index >= 15 is 0 Å². The molecule has 0 fully saturated rings. The van der Waals surface area contributed by atoms with Gasteiger partial charge in [-0.25, -0.2) is 4.79 Å². The van der Waals surface area contributed by atoms with E-state index in [1.54, 1.807) is 13.8 Å². The first kappa shape index (κ1) is 15.5. The molecule has 108 valence electrons. The molecule has 0 aliphatic carbocycles. The zero-order chi connectivity index (χ0) is 15.3. The minimum atomic E-state index is -1.19. The van der Waals surface area contributed by atoms with E-state index in [9.17, 15) is 14.9 Å². The van der Waals surface area contributed by atoms with Crippen LogP contribution in [0.2, 0.25) is 0 Å². The molecule has 7 nitrogen and oxygen atoms in total. The molecule has 20 heavy (non-hydrogen) atoms. The Hall–Kier alpha value is -2.57. The first-order valence-corrected chi connectivity index (χ1v) is 5.79. The molecule has 0 aromatic heterocycles. The summed E-state index contributed by atoms with van der Waals surface area (Å²) in [5.74, 6) is -0.655.